The van der Waals surface area contributed by atoms with Gasteiger partial charge in [-0.05, 0) is 12.1 Å². The van der Waals surface area contributed by atoms with Crippen molar-refractivity contribution >= 4 is 11.8 Å². The molecule has 1 aromatic rings. The van der Waals surface area contributed by atoms with Crippen LogP contribution >= 0.6 is 0 Å². The van der Waals surface area contributed by atoms with Gasteiger partial charge in [-0.25, -0.2) is 0 Å². The lowest BCUT2D eigenvalue weighted by Gasteiger charge is -2.02. The first kappa shape index (κ1) is 10.1. The lowest BCUT2D eigenvalue weighted by molar-refractivity contribution is 0.396. The number of aromatic nitrogens is 2. The second-order valence-corrected chi connectivity index (χ2v) is 2.37. The highest BCUT2D eigenvalue weighted by Gasteiger charge is 2.06. The van der Waals surface area contributed by atoms with E-state index in [-0.39, 0.29) is 11.8 Å². The van der Waals surface area contributed by atoms with Crippen LogP contribution in [0.1, 0.15) is 11.4 Å². The third-order valence-corrected chi connectivity index (χ3v) is 1.54. The molecule has 0 saturated heterocycles. The van der Waals surface area contributed by atoms with Crippen molar-refractivity contribution in [1.82, 2.24) is 10.2 Å². The maximum atomic E-state index is 7.29. The highest BCUT2D eigenvalue weighted by Crippen LogP contribution is 1.99. The van der Waals surface area contributed by atoms with Gasteiger partial charge in [0.1, 0.15) is 11.4 Å². The Kier molecular flexibility index (Phi) is 3.11. The summed E-state index contributed by atoms with van der Waals surface area (Å²) in [4.78, 5) is 0. The zero-order valence-corrected chi connectivity index (χ0v) is 7.87. The molecule has 0 bridgehead atoms. The topological polar surface area (TPSA) is 91.9 Å². The first-order valence-corrected chi connectivity index (χ1v) is 3.78. The van der Waals surface area contributed by atoms with E-state index in [1.54, 1.807) is 12.1 Å². The zero-order valence-electron chi connectivity index (χ0n) is 7.87. The molecule has 0 atom stereocenters. The number of hydrogen-bond acceptors (Lipinski definition) is 6. The lowest BCUT2D eigenvalue weighted by atomic mass is 10.3. The Bertz CT molecular complexity index is 312. The van der Waals surface area contributed by atoms with Gasteiger partial charge in [0.05, 0.1) is 14.2 Å². The van der Waals surface area contributed by atoms with Crippen LogP contribution in [0.5, 0.6) is 0 Å². The molecule has 74 valence electrons. The van der Waals surface area contributed by atoms with Gasteiger partial charge in [0.2, 0.25) is 11.8 Å². The first-order chi connectivity index (χ1) is 6.69. The summed E-state index contributed by atoms with van der Waals surface area (Å²) in [5.41, 5.74) is 0.639. The van der Waals surface area contributed by atoms with Crippen molar-refractivity contribution in [1.29, 1.82) is 10.8 Å². The molecule has 0 aliphatic rings. The summed E-state index contributed by atoms with van der Waals surface area (Å²) >= 11 is 0. The molecule has 1 rings (SSSR count). The maximum Gasteiger partial charge on any atom is 0.234 e. The molecule has 1 aromatic heterocycles. The van der Waals surface area contributed by atoms with Gasteiger partial charge in [-0.3, -0.25) is 10.8 Å². The fraction of sp³-hybridized carbons (Fsp3) is 0.250. The highest BCUT2D eigenvalue weighted by atomic mass is 16.5. The van der Waals surface area contributed by atoms with E-state index in [0.29, 0.717) is 11.4 Å². The van der Waals surface area contributed by atoms with Crippen LogP contribution in [0.25, 0.3) is 0 Å². The fourth-order valence-electron chi connectivity index (χ4n) is 0.784. The molecule has 2 N–H and O–H groups in total. The maximum absolute atomic E-state index is 7.29. The SMILES string of the molecule is COC(=N)c1ccc(C(=N)OC)nn1. The number of rotatable bonds is 2. The molecule has 0 spiro atoms. The van der Waals surface area contributed by atoms with Gasteiger partial charge in [-0.2, -0.15) is 0 Å². The Balaban J connectivity index is 2.89. The predicted octanol–water partition coefficient (Wildman–Crippen LogP) is 0.420. The average molecular weight is 194 g/mol. The molecule has 0 fully saturated rings. The zero-order chi connectivity index (χ0) is 10.6. The summed E-state index contributed by atoms with van der Waals surface area (Å²) in [5, 5.41) is 22.0. The minimum atomic E-state index is -0.0620. The molecule has 0 aromatic carbocycles. The van der Waals surface area contributed by atoms with Crippen LogP contribution in [0.15, 0.2) is 12.1 Å². The van der Waals surface area contributed by atoms with Crippen LogP contribution in [0.3, 0.4) is 0 Å². The monoisotopic (exact) mass is 194 g/mol. The third-order valence-electron chi connectivity index (χ3n) is 1.54. The molecule has 0 aliphatic carbocycles. The second kappa shape index (κ2) is 4.31. The van der Waals surface area contributed by atoms with Gasteiger partial charge in [0, 0.05) is 0 Å². The van der Waals surface area contributed by atoms with E-state index in [9.17, 15) is 0 Å². The second-order valence-electron chi connectivity index (χ2n) is 2.37. The smallest absolute Gasteiger partial charge is 0.234 e. The Morgan fingerprint density at radius 3 is 1.57 bits per heavy atom. The molecular formula is C8H10N4O2. The molecule has 0 amide bonds. The summed E-state index contributed by atoms with van der Waals surface area (Å²) in [6.45, 7) is 0. The standard InChI is InChI=1S/C8H10N4O2/c1-13-7(9)5-3-4-6(12-11-5)8(10)14-2/h3-4,9-10H,1-2H3. The van der Waals surface area contributed by atoms with Crippen molar-refractivity contribution in [3.05, 3.63) is 23.5 Å². The van der Waals surface area contributed by atoms with E-state index >= 15 is 0 Å². The van der Waals surface area contributed by atoms with Gasteiger partial charge < -0.3 is 9.47 Å². The predicted molar refractivity (Wildman–Crippen MR) is 49.7 cm³/mol. The van der Waals surface area contributed by atoms with Gasteiger partial charge in [-0.15, -0.1) is 10.2 Å². The number of methoxy groups -OCH3 is 2. The number of hydrogen-bond donors (Lipinski definition) is 2. The van der Waals surface area contributed by atoms with Crippen molar-refractivity contribution in [2.75, 3.05) is 14.2 Å². The first-order valence-electron chi connectivity index (χ1n) is 3.78. The van der Waals surface area contributed by atoms with Crippen molar-refractivity contribution in [2.45, 2.75) is 0 Å². The van der Waals surface area contributed by atoms with Crippen LogP contribution in [-0.2, 0) is 9.47 Å². The summed E-state index contributed by atoms with van der Waals surface area (Å²) in [5.74, 6) is -0.124. The van der Waals surface area contributed by atoms with Crippen molar-refractivity contribution < 1.29 is 9.47 Å². The largest absolute Gasteiger partial charge is 0.480 e. The Morgan fingerprint density at radius 2 is 1.36 bits per heavy atom. The van der Waals surface area contributed by atoms with E-state index in [1.807, 2.05) is 0 Å². The average Bonchev–Trinajstić information content (AvgIpc) is 2.27. The van der Waals surface area contributed by atoms with Crippen molar-refractivity contribution in [2.24, 2.45) is 0 Å². The summed E-state index contributed by atoms with van der Waals surface area (Å²) < 4.78 is 9.32. The molecule has 14 heavy (non-hydrogen) atoms. The van der Waals surface area contributed by atoms with Gasteiger partial charge >= 0.3 is 0 Å². The molecule has 0 saturated carbocycles. The Labute approximate surface area is 80.9 Å². The Morgan fingerprint density at radius 1 is 1.00 bits per heavy atom. The summed E-state index contributed by atoms with van der Waals surface area (Å²) in [7, 11) is 2.77. The van der Waals surface area contributed by atoms with E-state index < -0.39 is 0 Å². The van der Waals surface area contributed by atoms with Crippen LogP contribution in [0.4, 0.5) is 0 Å². The van der Waals surface area contributed by atoms with Crippen LogP contribution in [0.2, 0.25) is 0 Å². The molecule has 6 heteroatoms. The normalized spacial score (nSPS) is 9.29. The third kappa shape index (κ3) is 2.03. The van der Waals surface area contributed by atoms with E-state index in [4.69, 9.17) is 10.8 Å². The van der Waals surface area contributed by atoms with E-state index in [2.05, 4.69) is 19.7 Å². The van der Waals surface area contributed by atoms with Crippen LogP contribution in [-0.4, -0.2) is 36.2 Å². The summed E-state index contributed by atoms with van der Waals surface area (Å²) in [6, 6.07) is 3.09. The number of nitrogens with zero attached hydrogens (tertiary/aromatic N) is 2. The number of nitrogens with one attached hydrogen (secondary N) is 2. The molecule has 1 heterocycles. The van der Waals surface area contributed by atoms with Crippen molar-refractivity contribution in [3.8, 4) is 0 Å². The quantitative estimate of drug-likeness (QED) is 0.527. The molecule has 0 unspecified atom stereocenters. The highest BCUT2D eigenvalue weighted by molar-refractivity contribution is 5.91. The molecule has 6 nitrogen and oxygen atoms in total. The molecule has 0 aliphatic heterocycles. The number of ether oxygens (including phenoxy) is 2. The van der Waals surface area contributed by atoms with Gasteiger partial charge in [0.25, 0.3) is 0 Å². The van der Waals surface area contributed by atoms with Crippen molar-refractivity contribution in [3.63, 3.8) is 0 Å². The van der Waals surface area contributed by atoms with E-state index in [1.165, 1.54) is 14.2 Å². The lowest BCUT2D eigenvalue weighted by Crippen LogP contribution is -2.10. The fourth-order valence-corrected chi connectivity index (χ4v) is 0.784. The minimum Gasteiger partial charge on any atom is -0.480 e. The van der Waals surface area contributed by atoms with Gasteiger partial charge in [-0.1, -0.05) is 0 Å². The molecular weight excluding hydrogens is 184 g/mol. The van der Waals surface area contributed by atoms with E-state index in [0.717, 1.165) is 0 Å². The minimum absolute atomic E-state index is 0.0620. The van der Waals surface area contributed by atoms with Gasteiger partial charge in [0.15, 0.2) is 0 Å². The Hall–Kier alpha value is -1.98. The van der Waals surface area contributed by atoms with Crippen LogP contribution in [0, 0.1) is 10.8 Å². The molecule has 0 radical (unpaired) electrons. The summed E-state index contributed by atoms with van der Waals surface area (Å²) in [6.07, 6.45) is 0. The van der Waals surface area contributed by atoms with Crippen LogP contribution < -0.4 is 0 Å².